The van der Waals surface area contributed by atoms with E-state index in [1.807, 2.05) is 13.8 Å². The predicted octanol–water partition coefficient (Wildman–Crippen LogP) is 7.23. The molecule has 452 valence electrons. The average molecular weight is 1290 g/mol. The van der Waals surface area contributed by atoms with Gasteiger partial charge in [-0.15, -0.1) is 68.0 Å². The van der Waals surface area contributed by atoms with E-state index in [1.165, 1.54) is 30.4 Å². The normalized spacial score (nSPS) is 18.5. The number of carbonyl (C=O) groups is 8. The van der Waals surface area contributed by atoms with Gasteiger partial charge in [-0.25, -0.2) is 34.9 Å². The van der Waals surface area contributed by atoms with Crippen molar-refractivity contribution in [1.29, 1.82) is 0 Å². The van der Waals surface area contributed by atoms with Crippen molar-refractivity contribution in [3.05, 3.63) is 111 Å². The van der Waals surface area contributed by atoms with E-state index in [-0.39, 0.29) is 71.9 Å². The van der Waals surface area contributed by atoms with Gasteiger partial charge in [0.05, 0.1) is 54.6 Å². The largest absolute Gasteiger partial charge is 0.481 e. The van der Waals surface area contributed by atoms with Crippen LogP contribution in [0.25, 0.3) is 43.4 Å². The number of anilines is 1. The average Bonchev–Trinajstić information content (AvgIpc) is 3.14. The molecule has 2 aliphatic rings. The van der Waals surface area contributed by atoms with Crippen LogP contribution in [0, 0.1) is 24.7 Å². The Morgan fingerprint density at radius 3 is 2.13 bits per heavy atom. The van der Waals surface area contributed by atoms with Gasteiger partial charge in [-0.2, -0.15) is 0 Å². The number of pyridine rings is 1. The first-order chi connectivity index (χ1) is 41.8. The Morgan fingerprint density at radius 1 is 0.701 bits per heavy atom. The minimum Gasteiger partial charge on any atom is -0.481 e. The summed E-state index contributed by atoms with van der Waals surface area (Å²) in [5.74, 6) is -7.02. The quantitative estimate of drug-likeness (QED) is 0.0532. The monoisotopic (exact) mass is 1290 g/mol. The van der Waals surface area contributed by atoms with E-state index >= 15 is 0 Å². The van der Waals surface area contributed by atoms with Crippen molar-refractivity contribution < 1.29 is 58.4 Å². The number of benzene rings is 1. The van der Waals surface area contributed by atoms with E-state index in [4.69, 9.17) is 29.7 Å². The number of nitrogens with one attached hydrogen (secondary N) is 5. The van der Waals surface area contributed by atoms with Crippen LogP contribution in [0.3, 0.4) is 0 Å². The molecule has 0 radical (unpaired) electrons. The molecule has 1 aromatic carbocycles. The van der Waals surface area contributed by atoms with Crippen molar-refractivity contribution in [2.45, 2.75) is 77.3 Å². The van der Waals surface area contributed by atoms with E-state index in [0.29, 0.717) is 63.0 Å². The third kappa shape index (κ3) is 13.8. The molecule has 6 amide bonds. The zero-order valence-corrected chi connectivity index (χ0v) is 51.8. The highest BCUT2D eigenvalue weighted by atomic mass is 32.1. The fourth-order valence-electron chi connectivity index (χ4n) is 9.49. The molecule has 8 N–H and O–H groups in total. The minimum absolute atomic E-state index is 0.0142. The van der Waals surface area contributed by atoms with Crippen LogP contribution in [0.1, 0.15) is 126 Å². The molecule has 0 saturated heterocycles. The number of carbonyl (C=O) groups excluding carboxylic acids is 6. The van der Waals surface area contributed by atoms with Crippen LogP contribution in [0.4, 0.5) is 5.82 Å². The Bertz CT molecular complexity index is 3920. The molecule has 87 heavy (non-hydrogen) atoms. The van der Waals surface area contributed by atoms with E-state index in [2.05, 4.69) is 36.6 Å². The smallest absolute Gasteiger partial charge is 0.306 e. The van der Waals surface area contributed by atoms with Crippen molar-refractivity contribution in [3.63, 3.8) is 0 Å². The molecule has 1 fully saturated rings. The van der Waals surface area contributed by atoms with E-state index in [9.17, 15) is 53.7 Å². The molecule has 25 nitrogen and oxygen atoms in total. The number of aryl methyl sites for hydroxylation is 1. The minimum atomic E-state index is -1.31. The Morgan fingerprint density at radius 2 is 1.40 bits per heavy atom. The molecule has 8 aromatic rings. The van der Waals surface area contributed by atoms with Crippen molar-refractivity contribution in [3.8, 4) is 43.4 Å². The number of fused-ring (bicyclic) bond motifs is 14. The van der Waals surface area contributed by atoms with Gasteiger partial charge < -0.3 is 46.6 Å². The van der Waals surface area contributed by atoms with Crippen LogP contribution in [-0.4, -0.2) is 125 Å². The Hall–Kier alpha value is -8.17. The number of rotatable bonds is 14. The van der Waals surface area contributed by atoms with Gasteiger partial charge in [0, 0.05) is 58.6 Å². The number of carboxylic acids is 2. The first kappa shape index (κ1) is 61.9. The Balaban J connectivity index is 1.05. The molecular weight excluding hydrogens is 1240 g/mol. The topological polar surface area (TPSA) is 360 Å². The zero-order valence-electron chi connectivity index (χ0n) is 46.9. The highest BCUT2D eigenvalue weighted by molar-refractivity contribution is 7.15. The van der Waals surface area contributed by atoms with Crippen molar-refractivity contribution in [2.75, 3.05) is 32.1 Å². The van der Waals surface area contributed by atoms with Gasteiger partial charge in [-0.3, -0.25) is 43.3 Å². The lowest BCUT2D eigenvalue weighted by molar-refractivity contribution is -0.148. The first-order valence-corrected chi connectivity index (χ1v) is 32.1. The van der Waals surface area contributed by atoms with Gasteiger partial charge in [0.2, 0.25) is 17.7 Å². The number of hydrogen-bond acceptors (Lipinski definition) is 23. The number of aliphatic hydroxyl groups excluding tert-OH is 1. The zero-order chi connectivity index (χ0) is 61.8. The molecule has 1 unspecified atom stereocenters. The van der Waals surface area contributed by atoms with Crippen LogP contribution < -0.4 is 31.5 Å². The second kappa shape index (κ2) is 26.8. The standard InChI is InChI=1S/C56H55N13O12S6/c1-24(2)40-54-68-43(35(87-54)19-81-5)47(76)58-18-38(71)65-44(45(74)26-9-7-6-8-10-26)53-63-34(22-84-53)51-61-32(20-83-51)42-29(49-62-33(21-82-49)46(75)60-31(17-37(70)57-4)52-67-41(25(3)86-52)48(77)66-40)11-12-30(59-42)50-64-36(23-85-50)69(14-13-39(72)73)55(78)27-15-28(16-27)56(79)80/h6-12,20-24,27-28,31,40,44-45,74H,13-19H2,1-5H3,(H,57,70)(H,58,76)(H,60,75)(H,65,71)(H,66,77)(H,72,73)(H,79,80)/t27?,28?,31-,40?,44-,45-/m0/s1. The molecule has 1 saturated carbocycles. The number of thiazole rings is 6. The molecule has 31 heteroatoms. The van der Waals surface area contributed by atoms with Crippen molar-refractivity contribution in [1.82, 2.24) is 61.5 Å². The second-order valence-corrected chi connectivity index (χ2v) is 26.3. The maximum absolute atomic E-state index is 14.4. The van der Waals surface area contributed by atoms with Crippen LogP contribution in [-0.2, 0) is 35.3 Å². The summed E-state index contributed by atoms with van der Waals surface area (Å²) in [5.41, 5.74) is 2.26. The summed E-state index contributed by atoms with van der Waals surface area (Å²) in [6, 6.07) is 9.19. The van der Waals surface area contributed by atoms with Gasteiger partial charge in [-0.05, 0) is 43.4 Å². The number of ether oxygens (including phenoxy) is 1. The second-order valence-electron chi connectivity index (χ2n) is 20.5. The van der Waals surface area contributed by atoms with Crippen molar-refractivity contribution >= 4 is 121 Å². The van der Waals surface area contributed by atoms with Crippen LogP contribution in [0.5, 0.6) is 0 Å². The molecule has 0 spiro atoms. The van der Waals surface area contributed by atoms with E-state index in [1.54, 1.807) is 70.9 Å². The molecule has 4 atom stereocenters. The summed E-state index contributed by atoms with van der Waals surface area (Å²) in [6.07, 6.45) is -1.72. The molecule has 1 aliphatic carbocycles. The number of carboxylic acid groups (broad SMARTS) is 2. The summed E-state index contributed by atoms with van der Waals surface area (Å²) in [5, 5.41) is 53.7. The van der Waals surface area contributed by atoms with E-state index in [0.717, 1.165) is 56.7 Å². The highest BCUT2D eigenvalue weighted by Gasteiger charge is 2.42. The molecule has 1 aliphatic heterocycles. The lowest BCUT2D eigenvalue weighted by Crippen LogP contribution is -2.44. The number of aliphatic carboxylic acids is 2. The van der Waals surface area contributed by atoms with Gasteiger partial charge in [0.15, 0.2) is 0 Å². The number of methoxy groups -OCH3 is 1. The summed E-state index contributed by atoms with van der Waals surface area (Å²) >= 11 is 6.93. The third-order valence-electron chi connectivity index (χ3n) is 14.2. The number of nitrogens with zero attached hydrogens (tertiary/aromatic N) is 8. The number of amides is 6. The van der Waals surface area contributed by atoms with Gasteiger partial charge >= 0.3 is 11.9 Å². The van der Waals surface area contributed by atoms with Gasteiger partial charge in [0.25, 0.3) is 17.7 Å². The Kier molecular flexibility index (Phi) is 19.1. The van der Waals surface area contributed by atoms with Crippen LogP contribution >= 0.6 is 68.0 Å². The molecular formula is C56H55N13O12S6. The number of hydrogen-bond donors (Lipinski definition) is 8. The maximum atomic E-state index is 14.4. The van der Waals surface area contributed by atoms with Crippen molar-refractivity contribution in [2.24, 2.45) is 17.8 Å². The molecule has 10 bridgehead atoms. The summed E-state index contributed by atoms with van der Waals surface area (Å²) < 4.78 is 5.45. The first-order valence-electron chi connectivity index (χ1n) is 27.0. The Labute approximate surface area is 519 Å². The van der Waals surface area contributed by atoms with Crippen LogP contribution in [0.2, 0.25) is 0 Å². The van der Waals surface area contributed by atoms with Gasteiger partial charge in [0.1, 0.15) is 82.2 Å². The fourth-order valence-corrected chi connectivity index (χ4v) is 15.0. The molecule has 8 heterocycles. The lowest BCUT2D eigenvalue weighted by atomic mass is 9.74. The van der Waals surface area contributed by atoms with Crippen LogP contribution in [0.15, 0.2) is 64.0 Å². The fraction of sp³-hybridized carbons (Fsp3) is 0.339. The summed E-state index contributed by atoms with van der Waals surface area (Å²) in [6.45, 7) is 4.67. The number of aromatic nitrogens is 7. The van der Waals surface area contributed by atoms with E-state index < -0.39 is 96.4 Å². The third-order valence-corrected chi connectivity index (χ3v) is 19.9. The number of aliphatic hydroxyl groups is 1. The summed E-state index contributed by atoms with van der Waals surface area (Å²) in [7, 11) is 2.91. The SMILES string of the molecule is CNC(=O)C[C@@H]1NC(=O)c2csc(n2)-c2ccc(-c3nc(N(CCC(=O)O)C(=O)C4CC(C(=O)O)C4)cs3)nc2-c2csc(n2)-c2csc(n2)[C@H]([C@@H](O)c2ccccc2)NC(=O)CNC(=O)c2nc(sc2COC)C(C(C)C)NC(=O)c2nc1sc2C. The maximum Gasteiger partial charge on any atom is 0.306 e. The lowest BCUT2D eigenvalue weighted by Gasteiger charge is -2.34. The molecule has 7 aromatic heterocycles. The molecule has 10 rings (SSSR count). The highest BCUT2D eigenvalue weighted by Crippen LogP contribution is 2.42. The van der Waals surface area contributed by atoms with Gasteiger partial charge in [-0.1, -0.05) is 44.2 Å². The predicted molar refractivity (Wildman–Crippen MR) is 325 cm³/mol. The summed E-state index contributed by atoms with van der Waals surface area (Å²) in [4.78, 5) is 143.